The van der Waals surface area contributed by atoms with E-state index in [1.54, 1.807) is 0 Å². The van der Waals surface area contributed by atoms with Crippen molar-refractivity contribution in [2.45, 2.75) is 19.3 Å². The predicted molar refractivity (Wildman–Crippen MR) is 242 cm³/mol. The highest BCUT2D eigenvalue weighted by Gasteiger charge is 2.34. The highest BCUT2D eigenvalue weighted by atomic mass is 16.5. The van der Waals surface area contributed by atoms with Crippen LogP contribution in [0, 0.1) is 0 Å². The molecule has 0 amide bonds. The SMILES string of the molecule is CC1(C)c2ccccc2Oc2cc(-c3cccc4oc5cc(-c6nc(-c7ccccc7)nc(-c7cccc(-n8c9ccccc9c9ccccc98)c7)n6)ccc5c34)ccc21. The van der Waals surface area contributed by atoms with E-state index in [1.807, 2.05) is 42.5 Å². The van der Waals surface area contributed by atoms with Crippen LogP contribution in [0.25, 0.3) is 94.7 Å². The Morgan fingerprint density at radius 3 is 1.83 bits per heavy atom. The van der Waals surface area contributed by atoms with E-state index in [0.29, 0.717) is 17.5 Å². The Hall–Kier alpha value is -7.83. The molecule has 0 aliphatic carbocycles. The molecule has 0 unspecified atom stereocenters. The van der Waals surface area contributed by atoms with E-state index in [-0.39, 0.29) is 5.41 Å². The lowest BCUT2D eigenvalue weighted by molar-refractivity contribution is 0.418. The lowest BCUT2D eigenvalue weighted by Crippen LogP contribution is -2.24. The van der Waals surface area contributed by atoms with Crippen molar-refractivity contribution in [2.24, 2.45) is 0 Å². The number of furan rings is 1. The Morgan fingerprint density at radius 1 is 0.433 bits per heavy atom. The summed E-state index contributed by atoms with van der Waals surface area (Å²) < 4.78 is 15.5. The Labute approximate surface area is 346 Å². The molecule has 11 aromatic rings. The number of hydrogen-bond acceptors (Lipinski definition) is 5. The third kappa shape index (κ3) is 5.31. The molecule has 0 saturated carbocycles. The van der Waals surface area contributed by atoms with E-state index < -0.39 is 0 Å². The average molecular weight is 773 g/mol. The van der Waals surface area contributed by atoms with Gasteiger partial charge in [-0.25, -0.2) is 15.0 Å². The molecule has 6 heteroatoms. The minimum Gasteiger partial charge on any atom is -0.457 e. The third-order valence-electron chi connectivity index (χ3n) is 12.1. The van der Waals surface area contributed by atoms with Gasteiger partial charge in [0.25, 0.3) is 0 Å². The number of nitrogens with zero attached hydrogens (tertiary/aromatic N) is 4. The van der Waals surface area contributed by atoms with Crippen LogP contribution in [-0.2, 0) is 5.41 Å². The fourth-order valence-electron chi connectivity index (χ4n) is 9.17. The number of rotatable bonds is 5. The molecule has 0 bridgehead atoms. The van der Waals surface area contributed by atoms with Crippen molar-refractivity contribution in [3.05, 3.63) is 193 Å². The lowest BCUT2D eigenvalue weighted by atomic mass is 9.75. The normalized spacial score (nSPS) is 13.1. The van der Waals surface area contributed by atoms with E-state index in [9.17, 15) is 0 Å². The molecule has 1 aliphatic heterocycles. The van der Waals surface area contributed by atoms with Crippen molar-refractivity contribution < 1.29 is 9.15 Å². The summed E-state index contributed by atoms with van der Waals surface area (Å²) in [6.07, 6.45) is 0. The maximum Gasteiger partial charge on any atom is 0.164 e. The van der Waals surface area contributed by atoms with Gasteiger partial charge in [-0.05, 0) is 65.7 Å². The van der Waals surface area contributed by atoms with Gasteiger partial charge in [0.15, 0.2) is 17.5 Å². The summed E-state index contributed by atoms with van der Waals surface area (Å²) >= 11 is 0. The molecule has 0 spiro atoms. The van der Waals surface area contributed by atoms with E-state index in [4.69, 9.17) is 24.1 Å². The maximum absolute atomic E-state index is 6.62. The first kappa shape index (κ1) is 34.2. The van der Waals surface area contributed by atoms with Crippen LogP contribution in [-0.4, -0.2) is 19.5 Å². The summed E-state index contributed by atoms with van der Waals surface area (Å²) in [6, 6.07) is 63.1. The average Bonchev–Trinajstić information content (AvgIpc) is 3.85. The largest absolute Gasteiger partial charge is 0.457 e. The summed E-state index contributed by atoms with van der Waals surface area (Å²) in [6.45, 7) is 4.52. The van der Waals surface area contributed by atoms with Crippen LogP contribution < -0.4 is 4.74 Å². The monoisotopic (exact) mass is 772 g/mol. The molecule has 0 saturated heterocycles. The minimum absolute atomic E-state index is 0.183. The number of para-hydroxylation sites is 3. The highest BCUT2D eigenvalue weighted by molar-refractivity contribution is 6.13. The summed E-state index contributed by atoms with van der Waals surface area (Å²) in [4.78, 5) is 15.3. The highest BCUT2D eigenvalue weighted by Crippen LogP contribution is 2.49. The second-order valence-electron chi connectivity index (χ2n) is 16.0. The molecule has 4 heterocycles. The number of aromatic nitrogens is 4. The first-order valence-corrected chi connectivity index (χ1v) is 20.3. The van der Waals surface area contributed by atoms with Crippen LogP contribution in [0.4, 0.5) is 0 Å². The van der Waals surface area contributed by atoms with Gasteiger partial charge in [0, 0.05) is 60.5 Å². The van der Waals surface area contributed by atoms with Gasteiger partial charge in [0.1, 0.15) is 22.7 Å². The standard InChI is InChI=1S/C54H36N4O2/c1-54(2)42-21-8-11-24-46(42)59-49-31-34(27-29-43(49)54)38-20-13-25-47-50(38)41-28-26-36(32-48(41)60-47)53-56-51(33-14-4-3-5-15-33)55-52(57-53)35-16-12-17-37(30-35)58-44-22-9-6-18-39(44)40-19-7-10-23-45(40)58/h3-32H,1-2H3. The third-order valence-corrected chi connectivity index (χ3v) is 12.1. The molecule has 12 rings (SSSR count). The van der Waals surface area contributed by atoms with Crippen molar-refractivity contribution in [3.63, 3.8) is 0 Å². The summed E-state index contributed by atoms with van der Waals surface area (Å²) in [5.74, 6) is 3.54. The van der Waals surface area contributed by atoms with Crippen molar-refractivity contribution in [1.82, 2.24) is 19.5 Å². The van der Waals surface area contributed by atoms with Crippen LogP contribution in [0.5, 0.6) is 11.5 Å². The van der Waals surface area contributed by atoms with Gasteiger partial charge in [0.2, 0.25) is 0 Å². The van der Waals surface area contributed by atoms with Crippen molar-refractivity contribution in [1.29, 1.82) is 0 Å². The van der Waals surface area contributed by atoms with Gasteiger partial charge in [-0.3, -0.25) is 0 Å². The first-order chi connectivity index (χ1) is 29.5. The zero-order valence-corrected chi connectivity index (χ0v) is 32.9. The number of benzene rings is 8. The molecular weight excluding hydrogens is 737 g/mol. The fourth-order valence-corrected chi connectivity index (χ4v) is 9.17. The molecular formula is C54H36N4O2. The van der Waals surface area contributed by atoms with E-state index in [1.165, 1.54) is 21.9 Å². The Morgan fingerprint density at radius 2 is 1.05 bits per heavy atom. The Balaban J connectivity index is 0.975. The van der Waals surface area contributed by atoms with Gasteiger partial charge < -0.3 is 13.7 Å². The summed E-state index contributed by atoms with van der Waals surface area (Å²) in [5.41, 5.74) is 11.9. The summed E-state index contributed by atoms with van der Waals surface area (Å²) in [5, 5.41) is 4.50. The van der Waals surface area contributed by atoms with Crippen LogP contribution in [0.3, 0.4) is 0 Å². The minimum atomic E-state index is -0.183. The second-order valence-corrected chi connectivity index (χ2v) is 16.0. The Kier molecular flexibility index (Phi) is 7.47. The van der Waals surface area contributed by atoms with Crippen molar-refractivity contribution >= 4 is 43.7 Å². The first-order valence-electron chi connectivity index (χ1n) is 20.3. The topological polar surface area (TPSA) is 66.0 Å². The van der Waals surface area contributed by atoms with Crippen molar-refractivity contribution in [2.75, 3.05) is 0 Å². The van der Waals surface area contributed by atoms with E-state index in [2.05, 4.69) is 158 Å². The molecule has 60 heavy (non-hydrogen) atoms. The Bertz CT molecular complexity index is 3450. The number of fused-ring (bicyclic) bond motifs is 8. The molecule has 8 aromatic carbocycles. The van der Waals surface area contributed by atoms with E-state index >= 15 is 0 Å². The zero-order chi connectivity index (χ0) is 40.0. The number of ether oxygens (including phenoxy) is 1. The van der Waals surface area contributed by atoms with Gasteiger partial charge in [-0.1, -0.05) is 141 Å². The molecule has 284 valence electrons. The van der Waals surface area contributed by atoms with Gasteiger partial charge in [0.05, 0.1) is 11.0 Å². The smallest absolute Gasteiger partial charge is 0.164 e. The predicted octanol–water partition coefficient (Wildman–Crippen LogP) is 14.0. The van der Waals surface area contributed by atoms with Crippen LogP contribution >= 0.6 is 0 Å². The molecule has 0 N–H and O–H groups in total. The van der Waals surface area contributed by atoms with Crippen molar-refractivity contribution in [3.8, 4) is 62.5 Å². The van der Waals surface area contributed by atoms with Gasteiger partial charge >= 0.3 is 0 Å². The zero-order valence-electron chi connectivity index (χ0n) is 32.9. The molecule has 6 nitrogen and oxygen atoms in total. The molecule has 0 fully saturated rings. The van der Waals surface area contributed by atoms with Gasteiger partial charge in [-0.15, -0.1) is 0 Å². The second kappa shape index (κ2) is 13.1. The molecule has 0 atom stereocenters. The molecule has 0 radical (unpaired) electrons. The van der Waals surface area contributed by atoms with E-state index in [0.717, 1.165) is 78.0 Å². The number of hydrogen-bond donors (Lipinski definition) is 0. The molecule has 1 aliphatic rings. The maximum atomic E-state index is 6.62. The summed E-state index contributed by atoms with van der Waals surface area (Å²) in [7, 11) is 0. The van der Waals surface area contributed by atoms with Crippen LogP contribution in [0.2, 0.25) is 0 Å². The quantitative estimate of drug-likeness (QED) is 0.174. The molecule has 3 aromatic heterocycles. The van der Waals surface area contributed by atoms with Gasteiger partial charge in [-0.2, -0.15) is 0 Å². The van der Waals surface area contributed by atoms with Crippen LogP contribution in [0.15, 0.2) is 186 Å². The van der Waals surface area contributed by atoms with Crippen LogP contribution in [0.1, 0.15) is 25.0 Å². The fraction of sp³-hybridized carbons (Fsp3) is 0.0556. The lowest BCUT2D eigenvalue weighted by Gasteiger charge is -2.34.